The molecule has 0 aliphatic heterocycles. The average Bonchev–Trinajstić information content (AvgIpc) is 2.46. The monoisotopic (exact) mass is 224 g/mol. The Labute approximate surface area is 96.2 Å². The van der Waals surface area contributed by atoms with Crippen molar-refractivity contribution in [2.45, 2.75) is 6.92 Å². The lowest BCUT2D eigenvalue weighted by Crippen LogP contribution is -2.02. The number of fused-ring (bicyclic) bond motifs is 2. The summed E-state index contributed by atoms with van der Waals surface area (Å²) >= 11 is 0. The molecule has 0 saturated heterocycles. The van der Waals surface area contributed by atoms with Crippen molar-refractivity contribution >= 4 is 22.2 Å². The first-order valence-corrected chi connectivity index (χ1v) is 5.14. The van der Waals surface area contributed by atoms with Crippen LogP contribution in [0.3, 0.4) is 0 Å². The summed E-state index contributed by atoms with van der Waals surface area (Å²) in [4.78, 5) is 28.4. The van der Waals surface area contributed by atoms with Crippen molar-refractivity contribution in [1.29, 1.82) is 0 Å². The predicted octanol–water partition coefficient (Wildman–Crippen LogP) is 1.24. The Bertz CT molecular complexity index is 785. The summed E-state index contributed by atoms with van der Waals surface area (Å²) in [5.74, 6) is 0. The van der Waals surface area contributed by atoms with E-state index in [2.05, 4.69) is 19.9 Å². The molecule has 0 saturated carbocycles. The fraction of sp³-hybridized carbons (Fsp3) is 0.0833. The van der Waals surface area contributed by atoms with Crippen molar-refractivity contribution in [3.8, 4) is 0 Å². The van der Waals surface area contributed by atoms with Crippen molar-refractivity contribution in [2.24, 2.45) is 0 Å². The van der Waals surface area contributed by atoms with Crippen LogP contribution in [0.15, 0.2) is 35.3 Å². The summed E-state index contributed by atoms with van der Waals surface area (Å²) in [6, 6.07) is 6.90. The van der Waals surface area contributed by atoms with Crippen LogP contribution in [0.2, 0.25) is 0 Å². The lowest BCUT2D eigenvalue weighted by atomic mass is 10.3. The van der Waals surface area contributed by atoms with Gasteiger partial charge in [0.1, 0.15) is 5.52 Å². The van der Waals surface area contributed by atoms with Crippen LogP contribution in [-0.2, 0) is 0 Å². The SMILES string of the molecule is Cc1ccc2nc(=O)c3cccnc3nc2n1. The zero-order chi connectivity index (χ0) is 11.8. The van der Waals surface area contributed by atoms with Crippen molar-refractivity contribution in [1.82, 2.24) is 19.9 Å². The summed E-state index contributed by atoms with van der Waals surface area (Å²) in [6.45, 7) is 1.86. The van der Waals surface area contributed by atoms with Gasteiger partial charge < -0.3 is 0 Å². The second kappa shape index (κ2) is 3.55. The fourth-order valence-corrected chi connectivity index (χ4v) is 1.63. The number of aryl methyl sites for hydroxylation is 1. The van der Waals surface area contributed by atoms with Crippen LogP contribution in [-0.4, -0.2) is 19.9 Å². The lowest BCUT2D eigenvalue weighted by molar-refractivity contribution is 1.20. The van der Waals surface area contributed by atoms with Crippen LogP contribution >= 0.6 is 0 Å². The van der Waals surface area contributed by atoms with Crippen LogP contribution in [0.4, 0.5) is 0 Å². The van der Waals surface area contributed by atoms with Crippen molar-refractivity contribution in [3.05, 3.63) is 46.5 Å². The smallest absolute Gasteiger partial charge is 0.267 e. The fourth-order valence-electron chi connectivity index (χ4n) is 1.63. The van der Waals surface area contributed by atoms with Gasteiger partial charge in [0, 0.05) is 11.9 Å². The van der Waals surface area contributed by atoms with E-state index in [0.29, 0.717) is 22.2 Å². The first kappa shape index (κ1) is 9.77. The van der Waals surface area contributed by atoms with Gasteiger partial charge in [-0.25, -0.2) is 19.9 Å². The molecule has 0 aliphatic carbocycles. The molecule has 3 heterocycles. The second-order valence-corrected chi connectivity index (χ2v) is 3.70. The molecule has 3 rings (SSSR count). The van der Waals surface area contributed by atoms with E-state index in [0.717, 1.165) is 5.69 Å². The van der Waals surface area contributed by atoms with Gasteiger partial charge in [0.25, 0.3) is 5.56 Å². The molecule has 0 unspecified atom stereocenters. The standard InChI is InChI=1S/C12H8N4O/c1-7-4-5-9-11(14-7)16-10-8(12(17)15-9)3-2-6-13-10/h2-6H,1H3. The van der Waals surface area contributed by atoms with Crippen LogP contribution in [0, 0.1) is 6.92 Å². The first-order chi connectivity index (χ1) is 8.24. The number of nitrogens with zero attached hydrogens (tertiary/aromatic N) is 4. The molecule has 0 aromatic carbocycles. The maximum absolute atomic E-state index is 11.9. The molecule has 0 amide bonds. The van der Waals surface area contributed by atoms with E-state index in [-0.39, 0.29) is 5.56 Å². The highest BCUT2D eigenvalue weighted by Crippen LogP contribution is 2.08. The van der Waals surface area contributed by atoms with Gasteiger partial charge in [-0.2, -0.15) is 0 Å². The van der Waals surface area contributed by atoms with E-state index in [1.165, 1.54) is 0 Å². The Morgan fingerprint density at radius 3 is 2.76 bits per heavy atom. The molecule has 0 bridgehead atoms. The van der Waals surface area contributed by atoms with Gasteiger partial charge >= 0.3 is 0 Å². The van der Waals surface area contributed by atoms with Crippen LogP contribution in [0.5, 0.6) is 0 Å². The molecular formula is C12H8N4O. The van der Waals surface area contributed by atoms with Crippen molar-refractivity contribution in [3.63, 3.8) is 0 Å². The number of aromatic nitrogens is 4. The number of hydrogen-bond acceptors (Lipinski definition) is 5. The van der Waals surface area contributed by atoms with E-state index in [4.69, 9.17) is 0 Å². The van der Waals surface area contributed by atoms with E-state index in [1.807, 2.05) is 6.92 Å². The average molecular weight is 224 g/mol. The minimum atomic E-state index is -0.332. The highest BCUT2D eigenvalue weighted by Gasteiger charge is 2.03. The highest BCUT2D eigenvalue weighted by molar-refractivity contribution is 5.79. The maximum Gasteiger partial charge on any atom is 0.281 e. The Morgan fingerprint density at radius 1 is 1.00 bits per heavy atom. The molecule has 0 spiro atoms. The molecule has 5 nitrogen and oxygen atoms in total. The van der Waals surface area contributed by atoms with E-state index in [1.54, 1.807) is 30.5 Å². The molecule has 0 aliphatic rings. The molecular weight excluding hydrogens is 216 g/mol. The van der Waals surface area contributed by atoms with Gasteiger partial charge in [-0.05, 0) is 31.2 Å². The minimum absolute atomic E-state index is 0.332. The molecule has 0 atom stereocenters. The molecule has 3 aromatic rings. The van der Waals surface area contributed by atoms with Gasteiger partial charge in [0.05, 0.1) is 5.39 Å². The third-order valence-electron chi connectivity index (χ3n) is 2.44. The minimum Gasteiger partial charge on any atom is -0.267 e. The molecule has 0 fully saturated rings. The van der Waals surface area contributed by atoms with Gasteiger partial charge in [0.2, 0.25) is 0 Å². The Kier molecular flexibility index (Phi) is 2.04. The second-order valence-electron chi connectivity index (χ2n) is 3.70. The quantitative estimate of drug-likeness (QED) is 0.574. The zero-order valence-electron chi connectivity index (χ0n) is 9.08. The molecule has 0 N–H and O–H groups in total. The summed E-state index contributed by atoms with van der Waals surface area (Å²) in [7, 11) is 0. The van der Waals surface area contributed by atoms with Crippen LogP contribution < -0.4 is 5.56 Å². The first-order valence-electron chi connectivity index (χ1n) is 5.14. The molecule has 17 heavy (non-hydrogen) atoms. The van der Waals surface area contributed by atoms with Gasteiger partial charge in [-0.3, -0.25) is 4.79 Å². The summed E-state index contributed by atoms with van der Waals surface area (Å²) in [5.41, 5.74) is 1.79. The summed E-state index contributed by atoms with van der Waals surface area (Å²) in [5, 5.41) is 0.406. The largest absolute Gasteiger partial charge is 0.281 e. The third kappa shape index (κ3) is 1.61. The van der Waals surface area contributed by atoms with E-state index in [9.17, 15) is 4.79 Å². The number of rotatable bonds is 0. The van der Waals surface area contributed by atoms with Crippen molar-refractivity contribution < 1.29 is 0 Å². The summed E-state index contributed by atoms with van der Waals surface area (Å²) < 4.78 is 0. The Hall–Kier alpha value is -2.43. The molecule has 82 valence electrons. The zero-order valence-corrected chi connectivity index (χ0v) is 9.08. The number of hydrogen-bond donors (Lipinski definition) is 0. The third-order valence-corrected chi connectivity index (χ3v) is 2.44. The number of pyridine rings is 2. The summed E-state index contributed by atoms with van der Waals surface area (Å²) in [6.07, 6.45) is 1.59. The maximum atomic E-state index is 11.9. The Morgan fingerprint density at radius 2 is 1.88 bits per heavy atom. The molecule has 0 radical (unpaired) electrons. The van der Waals surface area contributed by atoms with E-state index >= 15 is 0 Å². The van der Waals surface area contributed by atoms with Crippen LogP contribution in [0.25, 0.3) is 22.2 Å². The van der Waals surface area contributed by atoms with E-state index < -0.39 is 0 Å². The van der Waals surface area contributed by atoms with Gasteiger partial charge in [0.15, 0.2) is 11.3 Å². The lowest BCUT2D eigenvalue weighted by Gasteiger charge is -1.91. The van der Waals surface area contributed by atoms with Crippen LogP contribution in [0.1, 0.15) is 5.69 Å². The normalized spacial score (nSPS) is 10.9. The van der Waals surface area contributed by atoms with Gasteiger partial charge in [-0.15, -0.1) is 0 Å². The molecule has 5 heteroatoms. The molecule has 3 aromatic heterocycles. The predicted molar refractivity (Wildman–Crippen MR) is 63.6 cm³/mol. The van der Waals surface area contributed by atoms with Crippen molar-refractivity contribution in [2.75, 3.05) is 0 Å². The Balaban J connectivity index is 2.61. The highest BCUT2D eigenvalue weighted by atomic mass is 16.1. The van der Waals surface area contributed by atoms with Gasteiger partial charge in [-0.1, -0.05) is 0 Å². The topological polar surface area (TPSA) is 68.6 Å².